The predicted octanol–water partition coefficient (Wildman–Crippen LogP) is 6.76. The van der Waals surface area contributed by atoms with E-state index in [9.17, 15) is 14.0 Å². The van der Waals surface area contributed by atoms with Crippen molar-refractivity contribution in [3.05, 3.63) is 99.6 Å². The van der Waals surface area contributed by atoms with E-state index >= 15 is 0 Å². The van der Waals surface area contributed by atoms with Crippen LogP contribution in [0.1, 0.15) is 16.7 Å². The summed E-state index contributed by atoms with van der Waals surface area (Å²) in [4.78, 5) is 34.8. The van der Waals surface area contributed by atoms with Gasteiger partial charge >= 0.3 is 0 Å². The molecule has 2 heterocycles. The van der Waals surface area contributed by atoms with Gasteiger partial charge < -0.3 is 4.74 Å². The molecule has 1 fully saturated rings. The van der Waals surface area contributed by atoms with Gasteiger partial charge in [0.25, 0.3) is 17.0 Å². The molecule has 0 saturated carbocycles. The number of hydrogen-bond acceptors (Lipinski definition) is 6. The van der Waals surface area contributed by atoms with Crippen molar-refractivity contribution < 1.29 is 18.7 Å². The molecule has 5 rings (SSSR count). The quantitative estimate of drug-likeness (QED) is 0.220. The lowest BCUT2D eigenvalue weighted by Gasteiger charge is -2.13. The first-order chi connectivity index (χ1) is 16.9. The van der Waals surface area contributed by atoms with Gasteiger partial charge in [0.2, 0.25) is 11.1 Å². The second-order valence-electron chi connectivity index (χ2n) is 7.85. The number of rotatable bonds is 5. The van der Waals surface area contributed by atoms with Gasteiger partial charge in [-0.05, 0) is 58.8 Å². The van der Waals surface area contributed by atoms with Gasteiger partial charge in [-0.3, -0.25) is 14.5 Å². The Morgan fingerprint density at radius 3 is 2.77 bits per heavy atom. The minimum absolute atomic E-state index is 0.166. The number of amides is 2. The Morgan fingerprint density at radius 1 is 1.11 bits per heavy atom. The lowest BCUT2D eigenvalue weighted by atomic mass is 10.0. The molecule has 174 valence electrons. The molecule has 0 spiro atoms. The molecular formula is C26H17ClFN3O3S. The van der Waals surface area contributed by atoms with Crippen molar-refractivity contribution in [2.75, 3.05) is 0 Å². The molecule has 0 aliphatic carbocycles. The minimum atomic E-state index is -0.785. The number of hydrogen-bond donors (Lipinski definition) is 0. The number of imide groups is 1. The number of fused-ring (bicyclic) bond motifs is 1. The molecule has 0 radical (unpaired) electrons. The summed E-state index contributed by atoms with van der Waals surface area (Å²) < 4.78 is 20.0. The lowest BCUT2D eigenvalue weighted by Crippen LogP contribution is -2.27. The molecule has 3 aromatic carbocycles. The molecule has 35 heavy (non-hydrogen) atoms. The summed E-state index contributed by atoms with van der Waals surface area (Å²) in [5.41, 5.74) is 2.41. The predicted molar refractivity (Wildman–Crippen MR) is 134 cm³/mol. The van der Waals surface area contributed by atoms with Crippen LogP contribution in [0.15, 0.2) is 71.8 Å². The largest absolute Gasteiger partial charge is 0.436 e. The number of aromatic nitrogens is 2. The van der Waals surface area contributed by atoms with Crippen LogP contribution < -0.4 is 4.74 Å². The maximum atomic E-state index is 14.3. The number of aryl methyl sites for hydroxylation is 1. The van der Waals surface area contributed by atoms with Gasteiger partial charge in [0, 0.05) is 5.56 Å². The van der Waals surface area contributed by atoms with Crippen LogP contribution in [0.2, 0.25) is 5.28 Å². The molecular weight excluding hydrogens is 489 g/mol. The molecule has 4 aromatic rings. The van der Waals surface area contributed by atoms with Crippen LogP contribution in [-0.4, -0.2) is 26.0 Å². The van der Waals surface area contributed by atoms with E-state index < -0.39 is 11.7 Å². The van der Waals surface area contributed by atoms with Crippen LogP contribution in [0.3, 0.4) is 0 Å². The molecule has 9 heteroatoms. The van der Waals surface area contributed by atoms with E-state index in [1.54, 1.807) is 12.1 Å². The van der Waals surface area contributed by atoms with E-state index in [1.165, 1.54) is 4.90 Å². The second-order valence-corrected chi connectivity index (χ2v) is 9.18. The highest BCUT2D eigenvalue weighted by atomic mass is 35.5. The van der Waals surface area contributed by atoms with Crippen LogP contribution >= 0.6 is 23.4 Å². The van der Waals surface area contributed by atoms with Gasteiger partial charge in [0.15, 0.2) is 0 Å². The zero-order valence-electron chi connectivity index (χ0n) is 18.4. The van der Waals surface area contributed by atoms with Gasteiger partial charge in [-0.25, -0.2) is 4.98 Å². The number of carbonyl (C=O) groups is 2. The zero-order valence-corrected chi connectivity index (χ0v) is 19.9. The summed E-state index contributed by atoms with van der Waals surface area (Å²) in [7, 11) is 0. The third-order valence-corrected chi connectivity index (χ3v) is 6.48. The summed E-state index contributed by atoms with van der Waals surface area (Å²) in [6.45, 7) is 2.13. The standard InChI is InChI=1S/C26H17ClFN3O3S/c1-15-5-4-6-16(11-15)14-31-24(32)22(35-26(31)33)12-19-18-8-3-2-7-17(18)9-10-21(19)34-23-20(28)13-29-25(27)30-23/h2-13H,14H2,1H3/b22-12+. The topological polar surface area (TPSA) is 72.4 Å². The first-order valence-corrected chi connectivity index (χ1v) is 11.8. The van der Waals surface area contributed by atoms with E-state index in [0.29, 0.717) is 5.56 Å². The van der Waals surface area contributed by atoms with Crippen molar-refractivity contribution in [2.24, 2.45) is 0 Å². The summed E-state index contributed by atoms with van der Waals surface area (Å²) in [5, 5.41) is 1.11. The van der Waals surface area contributed by atoms with Crippen LogP contribution in [0.4, 0.5) is 9.18 Å². The summed E-state index contributed by atoms with van der Waals surface area (Å²) in [5.74, 6) is -1.28. The maximum Gasteiger partial charge on any atom is 0.293 e. The smallest absolute Gasteiger partial charge is 0.293 e. The molecule has 1 aliphatic heterocycles. The van der Waals surface area contributed by atoms with Crippen LogP contribution in [0.5, 0.6) is 11.6 Å². The minimum Gasteiger partial charge on any atom is -0.436 e. The molecule has 0 unspecified atom stereocenters. The third-order valence-electron chi connectivity index (χ3n) is 5.39. The highest BCUT2D eigenvalue weighted by Crippen LogP contribution is 2.38. The molecule has 6 nitrogen and oxygen atoms in total. The number of halogens is 2. The number of thioether (sulfide) groups is 1. The Kier molecular flexibility index (Phi) is 6.23. The SMILES string of the molecule is Cc1cccc(CN2C(=O)S/C(=C/c3c(Oc4nc(Cl)ncc4F)ccc4ccccc34)C2=O)c1. The molecule has 0 atom stereocenters. The van der Waals surface area contributed by atoms with Gasteiger partial charge in [-0.2, -0.15) is 9.37 Å². The number of ether oxygens (including phenoxy) is 1. The Morgan fingerprint density at radius 2 is 1.94 bits per heavy atom. The second kappa shape index (κ2) is 9.48. The average Bonchev–Trinajstić information content (AvgIpc) is 3.10. The average molecular weight is 506 g/mol. The monoisotopic (exact) mass is 505 g/mol. The Bertz CT molecular complexity index is 1530. The molecule has 0 bridgehead atoms. The molecule has 1 aliphatic rings. The number of benzene rings is 3. The van der Waals surface area contributed by atoms with Crippen molar-refractivity contribution >= 4 is 51.4 Å². The Hall–Kier alpha value is -3.75. The maximum absolute atomic E-state index is 14.3. The normalized spacial score (nSPS) is 14.8. The summed E-state index contributed by atoms with van der Waals surface area (Å²) in [6.07, 6.45) is 2.52. The lowest BCUT2D eigenvalue weighted by molar-refractivity contribution is -0.123. The van der Waals surface area contributed by atoms with Crippen molar-refractivity contribution in [1.29, 1.82) is 0 Å². The fourth-order valence-corrected chi connectivity index (χ4v) is 4.73. The van der Waals surface area contributed by atoms with Crippen LogP contribution in [0.25, 0.3) is 16.8 Å². The van der Waals surface area contributed by atoms with Gasteiger partial charge in [0.05, 0.1) is 17.6 Å². The third kappa shape index (κ3) is 4.76. The van der Waals surface area contributed by atoms with Gasteiger partial charge in [0.1, 0.15) is 5.75 Å². The summed E-state index contributed by atoms with van der Waals surface area (Å²) in [6, 6.07) is 18.6. The molecule has 0 N–H and O–H groups in total. The number of carbonyl (C=O) groups excluding carboxylic acids is 2. The van der Waals surface area contributed by atoms with E-state index in [0.717, 1.165) is 39.9 Å². The van der Waals surface area contributed by atoms with Crippen LogP contribution in [-0.2, 0) is 11.3 Å². The zero-order chi connectivity index (χ0) is 24.5. The van der Waals surface area contributed by atoms with Gasteiger partial charge in [-0.1, -0.05) is 60.2 Å². The molecule has 1 saturated heterocycles. The highest BCUT2D eigenvalue weighted by molar-refractivity contribution is 8.18. The van der Waals surface area contributed by atoms with Crippen molar-refractivity contribution in [3.63, 3.8) is 0 Å². The van der Waals surface area contributed by atoms with Crippen LogP contribution in [0, 0.1) is 12.7 Å². The number of nitrogens with zero attached hydrogens (tertiary/aromatic N) is 3. The van der Waals surface area contributed by atoms with Crippen molar-refractivity contribution in [3.8, 4) is 11.6 Å². The first-order valence-electron chi connectivity index (χ1n) is 10.6. The summed E-state index contributed by atoms with van der Waals surface area (Å²) >= 11 is 6.66. The Labute approximate surface area is 209 Å². The van der Waals surface area contributed by atoms with Crippen molar-refractivity contribution in [2.45, 2.75) is 13.5 Å². The fourth-order valence-electron chi connectivity index (χ4n) is 3.78. The fraction of sp³-hybridized carbons (Fsp3) is 0.0769. The van der Waals surface area contributed by atoms with Crippen molar-refractivity contribution in [1.82, 2.24) is 14.9 Å². The Balaban J connectivity index is 1.55. The van der Waals surface area contributed by atoms with E-state index in [4.69, 9.17) is 16.3 Å². The highest BCUT2D eigenvalue weighted by Gasteiger charge is 2.35. The molecule has 2 amide bonds. The first kappa shape index (κ1) is 23.0. The molecule has 1 aromatic heterocycles. The van der Waals surface area contributed by atoms with E-state index in [2.05, 4.69) is 9.97 Å². The van der Waals surface area contributed by atoms with Gasteiger partial charge in [-0.15, -0.1) is 0 Å². The van der Waals surface area contributed by atoms with E-state index in [-0.39, 0.29) is 33.6 Å². The van der Waals surface area contributed by atoms with E-state index in [1.807, 2.05) is 61.5 Å².